The summed E-state index contributed by atoms with van der Waals surface area (Å²) in [5, 5.41) is 2.27. The molecule has 4 aromatic rings. The smallest absolute Gasteiger partial charge is 0.293 e. The minimum absolute atomic E-state index is 0.0273. The molecule has 9 heteroatoms. The van der Waals surface area contributed by atoms with Crippen LogP contribution in [0.25, 0.3) is 16.8 Å². The zero-order valence-electron chi connectivity index (χ0n) is 20.8. The van der Waals surface area contributed by atoms with Crippen molar-refractivity contribution in [3.63, 3.8) is 0 Å². The fraction of sp³-hybridized carbons (Fsp3) is 0.133. The maximum atomic E-state index is 13.2. The SMILES string of the molecule is COc1ccc(/C=C2\SC(=O)N(Cc3cc4c(cc3Cl)OCO4)C2=O)cc1OCc1cccc2ccccc12. The van der Waals surface area contributed by atoms with E-state index in [1.165, 1.54) is 4.90 Å². The van der Waals surface area contributed by atoms with Crippen molar-refractivity contribution in [3.05, 3.63) is 99.4 Å². The van der Waals surface area contributed by atoms with Crippen molar-refractivity contribution in [1.82, 2.24) is 4.90 Å². The molecule has 0 saturated carbocycles. The average Bonchev–Trinajstić information content (AvgIpc) is 3.51. The van der Waals surface area contributed by atoms with Gasteiger partial charge in [0.1, 0.15) is 6.61 Å². The summed E-state index contributed by atoms with van der Waals surface area (Å²) in [4.78, 5) is 27.4. The number of fused-ring (bicyclic) bond motifs is 2. The molecule has 6 rings (SSSR count). The molecule has 2 aliphatic heterocycles. The Morgan fingerprint density at radius 1 is 0.949 bits per heavy atom. The van der Waals surface area contributed by atoms with Gasteiger partial charge in [-0.2, -0.15) is 0 Å². The molecule has 0 atom stereocenters. The van der Waals surface area contributed by atoms with Gasteiger partial charge in [-0.15, -0.1) is 0 Å². The highest BCUT2D eigenvalue weighted by atomic mass is 35.5. The Labute approximate surface area is 233 Å². The maximum absolute atomic E-state index is 13.2. The standard InChI is InChI=1S/C30H22ClNO6S/c1-35-24-10-9-18(11-25(24)36-16-20-7-4-6-19-5-2-3-8-22(19)20)12-28-29(33)32(30(34)39-28)15-21-13-26-27(14-23(21)31)38-17-37-26/h2-14H,15-17H2,1H3/b28-12-. The van der Waals surface area contributed by atoms with Crippen LogP contribution in [0.15, 0.2) is 77.7 Å². The van der Waals surface area contributed by atoms with E-state index in [0.29, 0.717) is 50.7 Å². The van der Waals surface area contributed by atoms with E-state index >= 15 is 0 Å². The van der Waals surface area contributed by atoms with Gasteiger partial charge in [0.15, 0.2) is 23.0 Å². The minimum Gasteiger partial charge on any atom is -0.493 e. The lowest BCUT2D eigenvalue weighted by Crippen LogP contribution is -2.27. The van der Waals surface area contributed by atoms with Gasteiger partial charge in [0.25, 0.3) is 11.1 Å². The number of hydrogen-bond acceptors (Lipinski definition) is 7. The third-order valence-electron chi connectivity index (χ3n) is 6.49. The normalized spacial score (nSPS) is 15.4. The van der Waals surface area contributed by atoms with Crippen LogP contribution in [0.4, 0.5) is 4.79 Å². The lowest BCUT2D eigenvalue weighted by molar-refractivity contribution is -0.123. The van der Waals surface area contributed by atoms with Crippen molar-refractivity contribution >= 4 is 51.4 Å². The summed E-state index contributed by atoms with van der Waals surface area (Å²) in [6.07, 6.45) is 1.68. The van der Waals surface area contributed by atoms with E-state index in [2.05, 4.69) is 18.2 Å². The second-order valence-corrected chi connectivity index (χ2v) is 10.3. The van der Waals surface area contributed by atoms with Gasteiger partial charge in [-0.3, -0.25) is 14.5 Å². The number of rotatable bonds is 7. The number of nitrogens with zero attached hydrogens (tertiary/aromatic N) is 1. The van der Waals surface area contributed by atoms with Crippen molar-refractivity contribution in [2.24, 2.45) is 0 Å². The van der Waals surface area contributed by atoms with E-state index in [-0.39, 0.29) is 18.6 Å². The first-order chi connectivity index (χ1) is 19.0. The van der Waals surface area contributed by atoms with E-state index < -0.39 is 5.91 Å². The Balaban J connectivity index is 1.22. The molecule has 1 fully saturated rings. The first-order valence-corrected chi connectivity index (χ1v) is 13.3. The summed E-state index contributed by atoms with van der Waals surface area (Å²) < 4.78 is 22.4. The van der Waals surface area contributed by atoms with E-state index in [9.17, 15) is 9.59 Å². The van der Waals surface area contributed by atoms with Gasteiger partial charge in [-0.05, 0) is 63.5 Å². The van der Waals surface area contributed by atoms with E-state index in [1.54, 1.807) is 37.5 Å². The topological polar surface area (TPSA) is 74.3 Å². The van der Waals surface area contributed by atoms with E-state index in [4.69, 9.17) is 30.5 Å². The first kappa shape index (κ1) is 25.2. The van der Waals surface area contributed by atoms with Gasteiger partial charge in [0.05, 0.1) is 18.6 Å². The Bertz CT molecular complexity index is 1650. The lowest BCUT2D eigenvalue weighted by atomic mass is 10.1. The molecule has 0 radical (unpaired) electrons. The zero-order chi connectivity index (χ0) is 26.9. The third-order valence-corrected chi connectivity index (χ3v) is 7.75. The Morgan fingerprint density at radius 3 is 2.59 bits per heavy atom. The van der Waals surface area contributed by atoms with Gasteiger partial charge >= 0.3 is 0 Å². The quantitative estimate of drug-likeness (QED) is 0.225. The summed E-state index contributed by atoms with van der Waals surface area (Å²) in [7, 11) is 1.58. The molecule has 2 aliphatic rings. The first-order valence-electron chi connectivity index (χ1n) is 12.1. The van der Waals surface area contributed by atoms with Crippen molar-refractivity contribution < 1.29 is 28.5 Å². The fourth-order valence-electron chi connectivity index (χ4n) is 4.51. The molecule has 0 spiro atoms. The van der Waals surface area contributed by atoms with Gasteiger partial charge in [0.2, 0.25) is 6.79 Å². The average molecular weight is 560 g/mol. The van der Waals surface area contributed by atoms with Crippen LogP contribution in [-0.4, -0.2) is 29.9 Å². The second-order valence-electron chi connectivity index (χ2n) is 8.90. The molecule has 39 heavy (non-hydrogen) atoms. The number of amides is 2. The van der Waals surface area contributed by atoms with Crippen LogP contribution in [0.2, 0.25) is 5.02 Å². The molecule has 0 bridgehead atoms. The molecular weight excluding hydrogens is 538 g/mol. The second kappa shape index (κ2) is 10.6. The molecular formula is C30H22ClNO6S. The number of halogens is 1. The maximum Gasteiger partial charge on any atom is 0.293 e. The summed E-state index contributed by atoms with van der Waals surface area (Å²) in [5.41, 5.74) is 2.34. The zero-order valence-corrected chi connectivity index (χ0v) is 22.4. The number of ether oxygens (including phenoxy) is 4. The summed E-state index contributed by atoms with van der Waals surface area (Å²) in [6, 6.07) is 22.9. The predicted molar refractivity (Wildman–Crippen MR) is 150 cm³/mol. The fourth-order valence-corrected chi connectivity index (χ4v) is 5.56. The highest BCUT2D eigenvalue weighted by Gasteiger charge is 2.35. The lowest BCUT2D eigenvalue weighted by Gasteiger charge is -2.14. The van der Waals surface area contributed by atoms with Crippen LogP contribution in [0, 0.1) is 0 Å². The monoisotopic (exact) mass is 559 g/mol. The molecule has 0 aromatic heterocycles. The molecule has 0 unspecified atom stereocenters. The van der Waals surface area contributed by atoms with Crippen LogP contribution >= 0.6 is 23.4 Å². The van der Waals surface area contributed by atoms with Crippen LogP contribution in [0.3, 0.4) is 0 Å². The summed E-state index contributed by atoms with van der Waals surface area (Å²) >= 11 is 7.25. The Kier molecular flexibility index (Phi) is 6.81. The van der Waals surface area contributed by atoms with E-state index in [1.807, 2.05) is 30.3 Å². The molecule has 7 nitrogen and oxygen atoms in total. The number of methoxy groups -OCH3 is 1. The number of imide groups is 1. The number of thioether (sulfide) groups is 1. The molecule has 0 aliphatic carbocycles. The van der Waals surface area contributed by atoms with Crippen LogP contribution in [0.5, 0.6) is 23.0 Å². The van der Waals surface area contributed by atoms with Crippen molar-refractivity contribution in [3.8, 4) is 23.0 Å². The molecule has 2 amide bonds. The summed E-state index contributed by atoms with van der Waals surface area (Å²) in [6.45, 7) is 0.475. The van der Waals surface area contributed by atoms with Gasteiger partial charge in [-0.25, -0.2) is 0 Å². The third kappa shape index (κ3) is 5.01. The van der Waals surface area contributed by atoms with Crippen LogP contribution < -0.4 is 18.9 Å². The van der Waals surface area contributed by atoms with Crippen molar-refractivity contribution in [1.29, 1.82) is 0 Å². The predicted octanol–water partition coefficient (Wildman–Crippen LogP) is 7.05. The van der Waals surface area contributed by atoms with Gasteiger partial charge in [0, 0.05) is 11.1 Å². The van der Waals surface area contributed by atoms with Crippen molar-refractivity contribution in [2.75, 3.05) is 13.9 Å². The Hall–Kier alpha value is -4.14. The van der Waals surface area contributed by atoms with Crippen LogP contribution in [0.1, 0.15) is 16.7 Å². The largest absolute Gasteiger partial charge is 0.493 e. The minimum atomic E-state index is -0.396. The molecule has 196 valence electrons. The van der Waals surface area contributed by atoms with E-state index in [0.717, 1.165) is 28.1 Å². The number of carbonyl (C=O) groups excluding carboxylic acids is 2. The molecule has 0 N–H and O–H groups in total. The highest BCUT2D eigenvalue weighted by molar-refractivity contribution is 8.18. The number of carbonyl (C=O) groups is 2. The highest BCUT2D eigenvalue weighted by Crippen LogP contribution is 2.40. The molecule has 2 heterocycles. The number of benzene rings is 4. The summed E-state index contributed by atoms with van der Waals surface area (Å²) in [5.74, 6) is 1.78. The number of hydrogen-bond donors (Lipinski definition) is 0. The Morgan fingerprint density at radius 2 is 1.74 bits per heavy atom. The molecule has 1 saturated heterocycles. The van der Waals surface area contributed by atoms with Gasteiger partial charge in [-0.1, -0.05) is 60.1 Å². The molecule has 4 aromatic carbocycles. The van der Waals surface area contributed by atoms with Crippen LogP contribution in [-0.2, 0) is 17.9 Å². The van der Waals surface area contributed by atoms with Crippen molar-refractivity contribution in [2.45, 2.75) is 13.2 Å². The van der Waals surface area contributed by atoms with Gasteiger partial charge < -0.3 is 18.9 Å².